The molecule has 228 valence electrons. The molecular weight excluding hydrogens is 534 g/mol. The standard InChI is InChI=1S/C33H45N3O6/c1-23(29(40-5)26-19-14-20-35(26)32(39)42-33(2,3)4)30(37)34-28(31(38)36-21-12-13-22-41-36)27(24-15-8-6-9-16-24)25-17-10-7-11-18-25/h6-11,15-18,23,26-29H,12-14,19-22H2,1-5H3,(H,34,37)/t23-,26+,28+,29-/m1/s1. The van der Waals surface area contributed by atoms with Crippen molar-refractivity contribution in [2.75, 3.05) is 26.8 Å². The van der Waals surface area contributed by atoms with E-state index in [1.807, 2.05) is 81.4 Å². The number of hydroxylamine groups is 2. The van der Waals surface area contributed by atoms with Gasteiger partial charge in [-0.05, 0) is 57.6 Å². The number of hydrogen-bond acceptors (Lipinski definition) is 6. The number of ether oxygens (including phenoxy) is 2. The van der Waals surface area contributed by atoms with Crippen LogP contribution in [0.3, 0.4) is 0 Å². The Kier molecular flexibility index (Phi) is 10.6. The third-order valence-electron chi connectivity index (χ3n) is 7.95. The molecule has 9 heteroatoms. The van der Waals surface area contributed by atoms with Crippen LogP contribution in [-0.4, -0.2) is 78.5 Å². The van der Waals surface area contributed by atoms with Crippen LogP contribution < -0.4 is 5.32 Å². The lowest BCUT2D eigenvalue weighted by molar-refractivity contribution is -0.199. The first-order valence-corrected chi connectivity index (χ1v) is 15.0. The van der Waals surface area contributed by atoms with Crippen molar-refractivity contribution in [3.8, 4) is 0 Å². The van der Waals surface area contributed by atoms with Gasteiger partial charge >= 0.3 is 6.09 Å². The number of carbonyl (C=O) groups excluding carboxylic acids is 3. The Bertz CT molecular complexity index is 1140. The number of hydrogen-bond donors (Lipinski definition) is 1. The van der Waals surface area contributed by atoms with Gasteiger partial charge in [-0.1, -0.05) is 67.6 Å². The zero-order valence-corrected chi connectivity index (χ0v) is 25.5. The molecule has 2 aromatic carbocycles. The van der Waals surface area contributed by atoms with Crippen LogP contribution in [0.5, 0.6) is 0 Å². The normalized spacial score (nSPS) is 19.7. The predicted octanol–water partition coefficient (Wildman–Crippen LogP) is 4.91. The fourth-order valence-electron chi connectivity index (χ4n) is 5.92. The third-order valence-corrected chi connectivity index (χ3v) is 7.95. The minimum atomic E-state index is -0.925. The highest BCUT2D eigenvalue weighted by atomic mass is 16.7. The van der Waals surface area contributed by atoms with Gasteiger partial charge in [0, 0.05) is 26.1 Å². The molecule has 4 atom stereocenters. The quantitative estimate of drug-likeness (QED) is 0.454. The summed E-state index contributed by atoms with van der Waals surface area (Å²) >= 11 is 0. The van der Waals surface area contributed by atoms with Crippen LogP contribution in [0.1, 0.15) is 70.4 Å². The van der Waals surface area contributed by atoms with E-state index in [2.05, 4.69) is 5.32 Å². The second-order valence-corrected chi connectivity index (χ2v) is 12.1. The Morgan fingerprint density at radius 3 is 2.07 bits per heavy atom. The lowest BCUT2D eigenvalue weighted by Crippen LogP contribution is -2.56. The van der Waals surface area contributed by atoms with E-state index in [1.54, 1.807) is 18.9 Å². The molecule has 2 heterocycles. The first kappa shape index (κ1) is 31.5. The van der Waals surface area contributed by atoms with E-state index >= 15 is 0 Å². The van der Waals surface area contributed by atoms with E-state index < -0.39 is 35.7 Å². The Hall–Kier alpha value is -3.43. The summed E-state index contributed by atoms with van der Waals surface area (Å²) in [6.45, 7) is 8.74. The molecule has 0 aromatic heterocycles. The van der Waals surface area contributed by atoms with Gasteiger partial charge < -0.3 is 19.7 Å². The summed E-state index contributed by atoms with van der Waals surface area (Å²) in [6.07, 6.45) is 2.19. The summed E-state index contributed by atoms with van der Waals surface area (Å²) in [5, 5.41) is 4.50. The molecule has 2 aliphatic rings. The largest absolute Gasteiger partial charge is 0.444 e. The molecule has 1 N–H and O–H groups in total. The predicted molar refractivity (Wildman–Crippen MR) is 159 cm³/mol. The van der Waals surface area contributed by atoms with Crippen LogP contribution in [0.4, 0.5) is 4.79 Å². The minimum absolute atomic E-state index is 0.293. The minimum Gasteiger partial charge on any atom is -0.444 e. The second kappa shape index (κ2) is 14.2. The van der Waals surface area contributed by atoms with E-state index in [4.69, 9.17) is 14.3 Å². The number of rotatable bonds is 9. The van der Waals surface area contributed by atoms with Crippen molar-refractivity contribution in [3.63, 3.8) is 0 Å². The highest BCUT2D eigenvalue weighted by Gasteiger charge is 2.43. The van der Waals surface area contributed by atoms with Crippen molar-refractivity contribution < 1.29 is 28.7 Å². The van der Waals surface area contributed by atoms with E-state index in [1.165, 1.54) is 5.06 Å². The van der Waals surface area contributed by atoms with E-state index in [0.717, 1.165) is 30.4 Å². The highest BCUT2D eigenvalue weighted by Crippen LogP contribution is 2.32. The average Bonchev–Trinajstić information content (AvgIpc) is 3.47. The zero-order chi connectivity index (χ0) is 30.3. The van der Waals surface area contributed by atoms with E-state index in [0.29, 0.717) is 26.1 Å². The molecule has 2 aliphatic heterocycles. The van der Waals surface area contributed by atoms with Crippen LogP contribution in [0.25, 0.3) is 0 Å². The summed E-state index contributed by atoms with van der Waals surface area (Å²) in [5.41, 5.74) is 1.17. The van der Waals surface area contributed by atoms with Gasteiger partial charge in [0.25, 0.3) is 5.91 Å². The summed E-state index contributed by atoms with van der Waals surface area (Å²) in [4.78, 5) is 48.6. The maximum Gasteiger partial charge on any atom is 0.410 e. The Morgan fingerprint density at radius 1 is 0.929 bits per heavy atom. The monoisotopic (exact) mass is 579 g/mol. The van der Waals surface area contributed by atoms with Gasteiger partial charge in [0.1, 0.15) is 11.6 Å². The molecule has 0 bridgehead atoms. The van der Waals surface area contributed by atoms with Crippen LogP contribution in [0.2, 0.25) is 0 Å². The van der Waals surface area contributed by atoms with Gasteiger partial charge in [0.15, 0.2) is 0 Å². The molecule has 0 unspecified atom stereocenters. The molecule has 0 saturated carbocycles. The van der Waals surface area contributed by atoms with Crippen molar-refractivity contribution in [2.24, 2.45) is 5.92 Å². The molecular formula is C33H45N3O6. The van der Waals surface area contributed by atoms with Crippen molar-refractivity contribution in [3.05, 3.63) is 71.8 Å². The molecule has 9 nitrogen and oxygen atoms in total. The van der Waals surface area contributed by atoms with Gasteiger partial charge in [-0.25, -0.2) is 9.86 Å². The van der Waals surface area contributed by atoms with Crippen LogP contribution in [0.15, 0.2) is 60.7 Å². The molecule has 2 saturated heterocycles. The number of nitrogens with one attached hydrogen (secondary N) is 1. The molecule has 0 spiro atoms. The lowest BCUT2D eigenvalue weighted by Gasteiger charge is -2.37. The number of benzene rings is 2. The van der Waals surface area contributed by atoms with Crippen molar-refractivity contribution in [2.45, 2.75) is 83.1 Å². The molecule has 0 radical (unpaired) electrons. The molecule has 4 rings (SSSR count). The zero-order valence-electron chi connectivity index (χ0n) is 25.5. The molecule has 0 aliphatic carbocycles. The van der Waals surface area contributed by atoms with Gasteiger partial charge in [-0.15, -0.1) is 0 Å². The molecule has 2 aromatic rings. The summed E-state index contributed by atoms with van der Waals surface area (Å²) in [6, 6.07) is 18.2. The Balaban J connectivity index is 1.63. The van der Waals surface area contributed by atoms with Crippen LogP contribution in [-0.2, 0) is 23.9 Å². The first-order chi connectivity index (χ1) is 20.1. The van der Waals surface area contributed by atoms with Crippen molar-refractivity contribution in [1.82, 2.24) is 15.3 Å². The van der Waals surface area contributed by atoms with Crippen molar-refractivity contribution >= 4 is 17.9 Å². The Labute approximate surface area is 249 Å². The van der Waals surface area contributed by atoms with E-state index in [9.17, 15) is 14.4 Å². The summed E-state index contributed by atoms with van der Waals surface area (Å²) in [7, 11) is 1.56. The number of likely N-dealkylation sites (tertiary alicyclic amines) is 1. The Morgan fingerprint density at radius 2 is 1.55 bits per heavy atom. The molecule has 2 fully saturated rings. The first-order valence-electron chi connectivity index (χ1n) is 15.0. The lowest BCUT2D eigenvalue weighted by atomic mass is 9.83. The molecule has 3 amide bonds. The number of methoxy groups -OCH3 is 1. The SMILES string of the molecule is CO[C@H]([C@@H](C)C(=O)N[C@H](C(=O)N1CCCCO1)C(c1ccccc1)c1ccccc1)[C@@H]1CCCN1C(=O)OC(C)(C)C. The fourth-order valence-corrected chi connectivity index (χ4v) is 5.92. The fraction of sp³-hybridized carbons (Fsp3) is 0.545. The highest BCUT2D eigenvalue weighted by molar-refractivity contribution is 5.89. The van der Waals surface area contributed by atoms with Gasteiger partial charge in [0.2, 0.25) is 5.91 Å². The second-order valence-electron chi connectivity index (χ2n) is 12.1. The topological polar surface area (TPSA) is 97.4 Å². The van der Waals surface area contributed by atoms with Crippen LogP contribution >= 0.6 is 0 Å². The molecule has 42 heavy (non-hydrogen) atoms. The van der Waals surface area contributed by atoms with Gasteiger partial charge in [0.05, 0.1) is 24.7 Å². The maximum absolute atomic E-state index is 14.1. The maximum atomic E-state index is 14.1. The van der Waals surface area contributed by atoms with Crippen molar-refractivity contribution in [1.29, 1.82) is 0 Å². The van der Waals surface area contributed by atoms with E-state index in [-0.39, 0.29) is 17.9 Å². The van der Waals surface area contributed by atoms with Gasteiger partial charge in [-0.2, -0.15) is 0 Å². The smallest absolute Gasteiger partial charge is 0.410 e. The van der Waals surface area contributed by atoms with Gasteiger partial charge in [-0.3, -0.25) is 14.4 Å². The number of amides is 3. The summed E-state index contributed by atoms with van der Waals surface area (Å²) < 4.78 is 11.5. The number of nitrogens with zero attached hydrogens (tertiary/aromatic N) is 2. The average molecular weight is 580 g/mol. The number of carbonyl (C=O) groups is 3. The summed E-state index contributed by atoms with van der Waals surface area (Å²) in [5.74, 6) is -1.73. The van der Waals surface area contributed by atoms with Crippen LogP contribution in [0, 0.1) is 5.92 Å². The third kappa shape index (κ3) is 7.69.